The molecule has 0 aliphatic rings. The Kier molecular flexibility index (Phi) is 10.6. The molecular weight excluding hydrogens is 506 g/mol. The van der Waals surface area contributed by atoms with Crippen LogP contribution in [-0.2, 0) is 4.79 Å². The molecule has 178 valence electrons. The fraction of sp³-hybridized carbons (Fsp3) is 0.375. The smallest absolute Gasteiger partial charge is 0.276 e. The highest BCUT2D eigenvalue weighted by Gasteiger charge is 2.16. The summed E-state index contributed by atoms with van der Waals surface area (Å²) >= 11 is 8.49. The summed E-state index contributed by atoms with van der Waals surface area (Å²) in [4.78, 5) is 24.9. The molecule has 0 aliphatic carbocycles. The first-order valence-electron chi connectivity index (χ1n) is 10.8. The molecule has 0 bridgehead atoms. The van der Waals surface area contributed by atoms with Gasteiger partial charge in [-0.05, 0) is 60.3 Å². The number of halogens is 1. The minimum Gasteiger partial charge on any atom is -0.492 e. The number of carbonyl (C=O) groups is 2. The summed E-state index contributed by atoms with van der Waals surface area (Å²) in [6.45, 7) is 8.52. The van der Waals surface area contributed by atoms with Gasteiger partial charge in [0.15, 0.2) is 11.7 Å². The van der Waals surface area contributed by atoms with Gasteiger partial charge < -0.3 is 9.47 Å². The van der Waals surface area contributed by atoms with E-state index in [-0.39, 0.29) is 11.7 Å². The molecule has 0 heterocycles. The van der Waals surface area contributed by atoms with Crippen LogP contribution in [0.2, 0.25) is 0 Å². The van der Waals surface area contributed by atoms with Crippen molar-refractivity contribution in [2.24, 2.45) is 5.92 Å². The molecule has 33 heavy (non-hydrogen) atoms. The molecule has 0 spiro atoms. The average molecular weight is 536 g/mol. The zero-order valence-electron chi connectivity index (χ0n) is 19.2. The van der Waals surface area contributed by atoms with Crippen LogP contribution in [0.4, 0.5) is 0 Å². The Balaban J connectivity index is 1.88. The molecule has 1 unspecified atom stereocenters. The lowest BCUT2D eigenvalue weighted by Crippen LogP contribution is -2.49. The Labute approximate surface area is 208 Å². The van der Waals surface area contributed by atoms with Gasteiger partial charge in [-0.25, -0.2) is 0 Å². The van der Waals surface area contributed by atoms with Gasteiger partial charge in [0, 0.05) is 4.47 Å². The molecule has 7 nitrogen and oxygen atoms in total. The number of nitrogens with one attached hydrogen (secondary N) is 3. The third-order valence-corrected chi connectivity index (χ3v) is 5.42. The van der Waals surface area contributed by atoms with Crippen molar-refractivity contribution in [2.75, 3.05) is 13.2 Å². The van der Waals surface area contributed by atoms with E-state index in [0.29, 0.717) is 35.5 Å². The highest BCUT2D eigenvalue weighted by molar-refractivity contribution is 9.10. The summed E-state index contributed by atoms with van der Waals surface area (Å²) in [6.07, 6.45) is 0.963. The standard InChI is InChI=1S/C24H30BrN3O4S/c1-5-16(4)18-8-6-7-9-20(18)32-14-22(29)27-28-24(33)26-23(30)19-12-17(25)10-11-21(19)31-13-15(2)3/h6-12,15-16H,5,13-14H2,1-4H3,(H,27,29)(H2,26,28,30,33). The topological polar surface area (TPSA) is 88.7 Å². The van der Waals surface area contributed by atoms with Crippen LogP contribution < -0.4 is 25.6 Å². The summed E-state index contributed by atoms with van der Waals surface area (Å²) < 4.78 is 12.1. The molecule has 2 amide bonds. The van der Waals surface area contributed by atoms with Crippen LogP contribution >= 0.6 is 28.1 Å². The second kappa shape index (κ2) is 13.2. The zero-order chi connectivity index (χ0) is 24.4. The normalized spacial score (nSPS) is 11.5. The monoisotopic (exact) mass is 535 g/mol. The van der Waals surface area contributed by atoms with E-state index in [9.17, 15) is 9.59 Å². The Hall–Kier alpha value is -2.65. The molecule has 0 radical (unpaired) electrons. The SMILES string of the molecule is CCC(C)c1ccccc1OCC(=O)NNC(=S)NC(=O)c1cc(Br)ccc1OCC(C)C. The van der Waals surface area contributed by atoms with Gasteiger partial charge in [-0.3, -0.25) is 25.8 Å². The number of rotatable bonds is 9. The quantitative estimate of drug-likeness (QED) is 0.318. The number of thiocarbonyl (C=S) groups is 1. The number of ether oxygens (including phenoxy) is 2. The van der Waals surface area contributed by atoms with Gasteiger partial charge in [0.25, 0.3) is 11.8 Å². The molecule has 0 aromatic heterocycles. The molecule has 0 aliphatic heterocycles. The number of hydrazine groups is 1. The van der Waals surface area contributed by atoms with Crippen LogP contribution in [0.25, 0.3) is 0 Å². The Morgan fingerprint density at radius 3 is 2.45 bits per heavy atom. The van der Waals surface area contributed by atoms with Crippen LogP contribution in [0.3, 0.4) is 0 Å². The maximum atomic E-state index is 12.7. The van der Waals surface area contributed by atoms with Crippen molar-refractivity contribution in [3.8, 4) is 11.5 Å². The van der Waals surface area contributed by atoms with Crippen LogP contribution in [0, 0.1) is 5.92 Å². The van der Waals surface area contributed by atoms with Crippen LogP contribution in [0.5, 0.6) is 11.5 Å². The molecule has 0 fully saturated rings. The second-order valence-corrected chi connectivity index (χ2v) is 9.26. The van der Waals surface area contributed by atoms with Gasteiger partial charge >= 0.3 is 0 Å². The lowest BCUT2D eigenvalue weighted by atomic mass is 9.98. The van der Waals surface area contributed by atoms with E-state index in [0.717, 1.165) is 16.5 Å². The third-order valence-electron chi connectivity index (χ3n) is 4.72. The van der Waals surface area contributed by atoms with Gasteiger partial charge in [0.1, 0.15) is 11.5 Å². The predicted octanol–water partition coefficient (Wildman–Crippen LogP) is 4.71. The second-order valence-electron chi connectivity index (χ2n) is 7.94. The molecule has 2 rings (SSSR count). The highest BCUT2D eigenvalue weighted by atomic mass is 79.9. The Morgan fingerprint density at radius 1 is 1.03 bits per heavy atom. The average Bonchev–Trinajstić information content (AvgIpc) is 2.80. The van der Waals surface area contributed by atoms with Crippen molar-refractivity contribution in [3.05, 3.63) is 58.1 Å². The summed E-state index contributed by atoms with van der Waals surface area (Å²) in [5, 5.41) is 2.48. The molecule has 3 N–H and O–H groups in total. The molecule has 0 saturated heterocycles. The van der Waals surface area contributed by atoms with Gasteiger partial charge in [-0.15, -0.1) is 0 Å². The predicted molar refractivity (Wildman–Crippen MR) is 136 cm³/mol. The largest absolute Gasteiger partial charge is 0.492 e. The van der Waals surface area contributed by atoms with E-state index in [1.54, 1.807) is 18.2 Å². The lowest BCUT2D eigenvalue weighted by molar-refractivity contribution is -0.123. The van der Waals surface area contributed by atoms with Gasteiger partial charge in [0.2, 0.25) is 0 Å². The van der Waals surface area contributed by atoms with Crippen molar-refractivity contribution < 1.29 is 19.1 Å². The van der Waals surface area contributed by atoms with E-state index in [1.165, 1.54) is 0 Å². The first-order chi connectivity index (χ1) is 15.7. The summed E-state index contributed by atoms with van der Waals surface area (Å²) in [5.41, 5.74) is 6.32. The fourth-order valence-electron chi connectivity index (χ4n) is 2.81. The van der Waals surface area contributed by atoms with E-state index < -0.39 is 11.8 Å². The third kappa shape index (κ3) is 8.66. The minimum atomic E-state index is -0.458. The van der Waals surface area contributed by atoms with Crippen molar-refractivity contribution in [1.29, 1.82) is 0 Å². The van der Waals surface area contributed by atoms with E-state index in [4.69, 9.17) is 21.7 Å². The van der Waals surface area contributed by atoms with Gasteiger partial charge in [0.05, 0.1) is 12.2 Å². The molecular formula is C24H30BrN3O4S. The van der Waals surface area contributed by atoms with Crippen molar-refractivity contribution in [2.45, 2.75) is 40.0 Å². The van der Waals surface area contributed by atoms with Crippen molar-refractivity contribution >= 4 is 45.1 Å². The van der Waals surface area contributed by atoms with Crippen molar-refractivity contribution in [1.82, 2.24) is 16.2 Å². The molecule has 2 aromatic carbocycles. The first kappa shape index (κ1) is 26.6. The summed E-state index contributed by atoms with van der Waals surface area (Å²) in [6, 6.07) is 12.8. The molecule has 1 atom stereocenters. The first-order valence-corrected chi connectivity index (χ1v) is 12.0. The molecule has 0 saturated carbocycles. The van der Waals surface area contributed by atoms with Crippen molar-refractivity contribution in [3.63, 3.8) is 0 Å². The summed E-state index contributed by atoms with van der Waals surface area (Å²) in [7, 11) is 0. The number of hydrogen-bond acceptors (Lipinski definition) is 5. The van der Waals surface area contributed by atoms with E-state index >= 15 is 0 Å². The van der Waals surface area contributed by atoms with E-state index in [1.807, 2.05) is 38.1 Å². The van der Waals surface area contributed by atoms with Crippen LogP contribution in [-0.4, -0.2) is 30.1 Å². The fourth-order valence-corrected chi connectivity index (χ4v) is 3.31. The molecule has 9 heteroatoms. The van der Waals surface area contributed by atoms with Gasteiger partial charge in [-0.2, -0.15) is 0 Å². The number of amides is 2. The minimum absolute atomic E-state index is 0.0526. The maximum Gasteiger partial charge on any atom is 0.276 e. The number of carbonyl (C=O) groups excluding carboxylic acids is 2. The number of para-hydroxylation sites is 1. The lowest BCUT2D eigenvalue weighted by Gasteiger charge is -2.16. The van der Waals surface area contributed by atoms with Crippen LogP contribution in [0.15, 0.2) is 46.9 Å². The van der Waals surface area contributed by atoms with E-state index in [2.05, 4.69) is 45.9 Å². The van der Waals surface area contributed by atoms with Gasteiger partial charge in [-0.1, -0.05) is 61.8 Å². The number of benzene rings is 2. The Morgan fingerprint density at radius 2 is 1.76 bits per heavy atom. The number of hydrogen-bond donors (Lipinski definition) is 3. The Bertz CT molecular complexity index is 984. The maximum absolute atomic E-state index is 12.7. The highest BCUT2D eigenvalue weighted by Crippen LogP contribution is 2.28. The summed E-state index contributed by atoms with van der Waals surface area (Å²) in [5.74, 6) is 0.847. The zero-order valence-corrected chi connectivity index (χ0v) is 21.6. The molecule has 2 aromatic rings. The van der Waals surface area contributed by atoms with Crippen LogP contribution in [0.1, 0.15) is 56.0 Å².